The minimum absolute atomic E-state index is 0.0566. The van der Waals surface area contributed by atoms with Gasteiger partial charge < -0.3 is 15.8 Å². The molecule has 16 heavy (non-hydrogen) atoms. The van der Waals surface area contributed by atoms with E-state index in [2.05, 4.69) is 38.2 Å². The normalized spacial score (nSPS) is 10.3. The van der Waals surface area contributed by atoms with Gasteiger partial charge in [-0.2, -0.15) is 8.78 Å². The molecule has 0 unspecified atom stereocenters. The van der Waals surface area contributed by atoms with Crippen molar-refractivity contribution < 1.29 is 17.9 Å². The number of nitrogens with one attached hydrogen (secondary N) is 1. The average molecular weight is 315 g/mol. The molecule has 0 aliphatic rings. The summed E-state index contributed by atoms with van der Waals surface area (Å²) in [6.45, 7) is -3.06. The third kappa shape index (κ3) is 3.53. The highest BCUT2D eigenvalue weighted by atomic mass is 79.9. The second-order valence-corrected chi connectivity index (χ2v) is 3.92. The fraction of sp³-hybridized carbons (Fsp3) is 0.125. The van der Waals surface area contributed by atoms with Crippen LogP contribution in [0.25, 0.3) is 0 Å². The summed E-state index contributed by atoms with van der Waals surface area (Å²) in [7, 11) is 0. The van der Waals surface area contributed by atoms with Crippen LogP contribution in [0.5, 0.6) is 5.75 Å². The van der Waals surface area contributed by atoms with E-state index in [1.54, 1.807) is 0 Å². The number of rotatable bonds is 3. The van der Waals surface area contributed by atoms with Crippen LogP contribution in [0.15, 0.2) is 16.6 Å². The Kier molecular flexibility index (Phi) is 4.36. The highest BCUT2D eigenvalue weighted by Gasteiger charge is 2.13. The summed E-state index contributed by atoms with van der Waals surface area (Å²) >= 11 is 7.44. The third-order valence-electron chi connectivity index (χ3n) is 1.50. The van der Waals surface area contributed by atoms with Crippen LogP contribution in [-0.4, -0.2) is 11.7 Å². The standard InChI is InChI=1S/C8H6BrF3N2OS/c9-3-1-5(14-8(13)16)6(2-4(3)10)15-7(11)12/h1-2,7H,(H3,13,14,16). The first-order chi connectivity index (χ1) is 7.40. The number of hydrogen-bond donors (Lipinski definition) is 2. The number of thiocarbonyl (C=S) groups is 1. The molecule has 1 aromatic carbocycles. The lowest BCUT2D eigenvalue weighted by Crippen LogP contribution is -2.20. The maximum atomic E-state index is 13.1. The lowest BCUT2D eigenvalue weighted by atomic mass is 10.3. The van der Waals surface area contributed by atoms with Crippen molar-refractivity contribution in [1.29, 1.82) is 0 Å². The molecule has 0 fully saturated rings. The lowest BCUT2D eigenvalue weighted by Gasteiger charge is -2.12. The predicted octanol–water partition coefficient (Wildman–Crippen LogP) is 2.85. The van der Waals surface area contributed by atoms with Gasteiger partial charge in [-0.1, -0.05) is 0 Å². The van der Waals surface area contributed by atoms with Crippen molar-refractivity contribution in [1.82, 2.24) is 0 Å². The minimum Gasteiger partial charge on any atom is -0.432 e. The van der Waals surface area contributed by atoms with Crippen molar-refractivity contribution in [2.45, 2.75) is 6.61 Å². The second kappa shape index (κ2) is 5.35. The van der Waals surface area contributed by atoms with Crippen molar-refractivity contribution in [3.8, 4) is 5.75 Å². The van der Waals surface area contributed by atoms with Gasteiger partial charge in [-0.15, -0.1) is 0 Å². The SMILES string of the molecule is NC(=S)Nc1cc(Br)c(F)cc1OC(F)F. The fourth-order valence-corrected chi connectivity index (χ4v) is 1.41. The number of halogens is 4. The van der Waals surface area contributed by atoms with E-state index < -0.39 is 12.4 Å². The number of benzene rings is 1. The van der Waals surface area contributed by atoms with Gasteiger partial charge in [0.25, 0.3) is 0 Å². The topological polar surface area (TPSA) is 47.3 Å². The third-order valence-corrected chi connectivity index (χ3v) is 2.21. The molecule has 3 N–H and O–H groups in total. The summed E-state index contributed by atoms with van der Waals surface area (Å²) in [4.78, 5) is 0. The Morgan fingerprint density at radius 2 is 2.12 bits per heavy atom. The number of nitrogens with two attached hydrogens (primary N) is 1. The molecule has 0 amide bonds. The zero-order valence-corrected chi connectivity index (χ0v) is 10.0. The number of alkyl halides is 2. The molecule has 0 spiro atoms. The van der Waals surface area contributed by atoms with E-state index in [9.17, 15) is 13.2 Å². The zero-order valence-electron chi connectivity index (χ0n) is 7.64. The largest absolute Gasteiger partial charge is 0.432 e. The van der Waals surface area contributed by atoms with Crippen LogP contribution in [0.3, 0.4) is 0 Å². The van der Waals surface area contributed by atoms with E-state index in [4.69, 9.17) is 5.73 Å². The summed E-state index contributed by atoms with van der Waals surface area (Å²) in [6, 6.07) is 2.00. The Balaban J connectivity index is 3.11. The molecule has 0 radical (unpaired) electrons. The van der Waals surface area contributed by atoms with Crippen LogP contribution < -0.4 is 15.8 Å². The van der Waals surface area contributed by atoms with E-state index in [1.807, 2.05) is 0 Å². The van der Waals surface area contributed by atoms with Crippen LogP contribution in [0.2, 0.25) is 0 Å². The highest BCUT2D eigenvalue weighted by molar-refractivity contribution is 9.10. The lowest BCUT2D eigenvalue weighted by molar-refractivity contribution is -0.0494. The molecule has 0 aliphatic heterocycles. The van der Waals surface area contributed by atoms with Gasteiger partial charge in [-0.3, -0.25) is 0 Å². The quantitative estimate of drug-likeness (QED) is 0.842. The first-order valence-corrected chi connectivity index (χ1v) is 5.10. The van der Waals surface area contributed by atoms with Crippen LogP contribution in [-0.2, 0) is 0 Å². The molecule has 0 atom stereocenters. The first-order valence-electron chi connectivity index (χ1n) is 3.90. The number of ether oxygens (including phenoxy) is 1. The molecule has 88 valence electrons. The predicted molar refractivity (Wildman–Crippen MR) is 61.1 cm³/mol. The Morgan fingerprint density at radius 1 is 1.50 bits per heavy atom. The summed E-state index contributed by atoms with van der Waals surface area (Å²) in [5.74, 6) is -1.10. The fourth-order valence-electron chi connectivity index (χ4n) is 0.952. The van der Waals surface area contributed by atoms with Gasteiger partial charge in [0, 0.05) is 6.07 Å². The van der Waals surface area contributed by atoms with Gasteiger partial charge in [0.05, 0.1) is 10.2 Å². The molecule has 8 heteroatoms. The molecule has 1 rings (SSSR count). The molecule has 3 nitrogen and oxygen atoms in total. The molecule has 0 saturated carbocycles. The average Bonchev–Trinajstić information content (AvgIpc) is 2.11. The van der Waals surface area contributed by atoms with Gasteiger partial charge in [-0.05, 0) is 34.2 Å². The van der Waals surface area contributed by atoms with Gasteiger partial charge >= 0.3 is 6.61 Å². The molecule has 0 aromatic heterocycles. The molecular formula is C8H6BrF3N2OS. The van der Waals surface area contributed by atoms with Gasteiger partial charge in [0.2, 0.25) is 0 Å². The van der Waals surface area contributed by atoms with Crippen LogP contribution in [0.1, 0.15) is 0 Å². The molecule has 0 aliphatic carbocycles. The van der Waals surface area contributed by atoms with E-state index >= 15 is 0 Å². The zero-order chi connectivity index (χ0) is 12.3. The highest BCUT2D eigenvalue weighted by Crippen LogP contribution is 2.31. The minimum atomic E-state index is -3.06. The van der Waals surface area contributed by atoms with Gasteiger partial charge in [0.15, 0.2) is 10.9 Å². The molecule has 0 saturated heterocycles. The Morgan fingerprint density at radius 3 is 2.62 bits per heavy atom. The van der Waals surface area contributed by atoms with E-state index in [-0.39, 0.29) is 21.0 Å². The van der Waals surface area contributed by atoms with Crippen molar-refractivity contribution in [2.75, 3.05) is 5.32 Å². The molecule has 1 aromatic rings. The maximum Gasteiger partial charge on any atom is 0.387 e. The smallest absolute Gasteiger partial charge is 0.387 e. The second-order valence-electron chi connectivity index (χ2n) is 2.63. The van der Waals surface area contributed by atoms with Crippen LogP contribution in [0, 0.1) is 5.82 Å². The Hall–Kier alpha value is -1.02. The van der Waals surface area contributed by atoms with Gasteiger partial charge in [-0.25, -0.2) is 4.39 Å². The Labute approximate surface area is 103 Å². The van der Waals surface area contributed by atoms with Crippen molar-refractivity contribution in [3.63, 3.8) is 0 Å². The maximum absolute atomic E-state index is 13.1. The molecular weight excluding hydrogens is 309 g/mol. The van der Waals surface area contributed by atoms with Crippen molar-refractivity contribution in [2.24, 2.45) is 5.73 Å². The first kappa shape index (κ1) is 13.0. The van der Waals surface area contributed by atoms with E-state index in [0.717, 1.165) is 6.07 Å². The van der Waals surface area contributed by atoms with Crippen LogP contribution in [0.4, 0.5) is 18.9 Å². The summed E-state index contributed by atoms with van der Waals surface area (Å²) in [5.41, 5.74) is 5.24. The summed E-state index contributed by atoms with van der Waals surface area (Å²) in [6.07, 6.45) is 0. The van der Waals surface area contributed by atoms with Gasteiger partial charge in [0.1, 0.15) is 5.82 Å². The Bertz CT molecular complexity index is 417. The van der Waals surface area contributed by atoms with Crippen LogP contribution >= 0.6 is 28.1 Å². The summed E-state index contributed by atoms with van der Waals surface area (Å²) < 4.78 is 41.3. The van der Waals surface area contributed by atoms with E-state index in [1.165, 1.54) is 6.07 Å². The van der Waals surface area contributed by atoms with Crippen molar-refractivity contribution >= 4 is 38.9 Å². The molecule has 0 heterocycles. The van der Waals surface area contributed by atoms with E-state index in [0.29, 0.717) is 0 Å². The number of hydrogen-bond acceptors (Lipinski definition) is 2. The number of anilines is 1. The molecule has 0 bridgehead atoms. The monoisotopic (exact) mass is 314 g/mol. The summed E-state index contributed by atoms with van der Waals surface area (Å²) in [5, 5.41) is 2.26. The van der Waals surface area contributed by atoms with Crippen molar-refractivity contribution in [3.05, 3.63) is 22.4 Å².